The van der Waals surface area contributed by atoms with Gasteiger partial charge in [-0.1, -0.05) is 111 Å². The number of carbonyl (C=O) groups is 3. The number of benzene rings is 2. The molecule has 16 heteroatoms. The van der Waals surface area contributed by atoms with Gasteiger partial charge in [0.2, 0.25) is 35.8 Å². The highest BCUT2D eigenvalue weighted by atomic mass is 16.5. The number of aliphatic imine (C=N–C) groups is 6. The van der Waals surface area contributed by atoms with Crippen molar-refractivity contribution in [1.82, 2.24) is 10.2 Å². The molecule has 2 aromatic rings. The lowest BCUT2D eigenvalue weighted by Gasteiger charge is -2.30. The van der Waals surface area contributed by atoms with Gasteiger partial charge in [-0.2, -0.15) is 30.0 Å². The van der Waals surface area contributed by atoms with Crippen LogP contribution in [-0.2, 0) is 19.0 Å². The highest BCUT2D eigenvalue weighted by molar-refractivity contribution is 6.31. The number of allylic oxidation sites excluding steroid dienone is 2. The molecule has 358 valence electrons. The predicted molar refractivity (Wildman–Crippen MR) is 266 cm³/mol. The number of ether oxygens (including phenoxy) is 3. The standard InChI is InChI=1S/C51H68N10O6/c1-7-13-16-34(10-4)31-65-43(62)37-19-25-40(26-20-37)52-46-55-49-57-47(53-41-27-21-38(22-28-41)44(63)66-32-35(11-5)17-14-8-2)59-51-60-48(58-50(56-46)61(49)51)54-42-29-23-39(24-30-42)45(64)67-33-36(12-6)18-15-9-3/h19-23,25-30,34-36,39H,7-18,24,31-33H2,1-6H3,(H3,52,53,54,55,56,57,58,59,60). The summed E-state index contributed by atoms with van der Waals surface area (Å²) in [4.78, 5) is 68.6. The number of esters is 3. The van der Waals surface area contributed by atoms with E-state index in [1.54, 1.807) is 48.5 Å². The van der Waals surface area contributed by atoms with Crippen LogP contribution >= 0.6 is 0 Å². The Kier molecular flexibility index (Phi) is 19.0. The highest BCUT2D eigenvalue weighted by Gasteiger charge is 2.35. The average molecular weight is 917 g/mol. The minimum absolute atomic E-state index is 0.189. The van der Waals surface area contributed by atoms with Crippen LogP contribution in [0.2, 0.25) is 0 Å². The fraction of sp³-hybridized carbons (Fsp3) is 0.510. The van der Waals surface area contributed by atoms with Crippen LogP contribution in [0.4, 0.5) is 11.4 Å². The third-order valence-electron chi connectivity index (χ3n) is 12.2. The molecule has 3 heterocycles. The molecule has 67 heavy (non-hydrogen) atoms. The van der Waals surface area contributed by atoms with Gasteiger partial charge in [0, 0.05) is 17.1 Å². The minimum atomic E-state index is -0.389. The van der Waals surface area contributed by atoms with E-state index < -0.39 is 0 Å². The third-order valence-corrected chi connectivity index (χ3v) is 12.2. The first-order valence-electron chi connectivity index (χ1n) is 24.4. The largest absolute Gasteiger partial charge is 0.465 e. The van der Waals surface area contributed by atoms with Gasteiger partial charge in [0.05, 0.1) is 36.9 Å². The first-order valence-corrected chi connectivity index (χ1v) is 24.4. The van der Waals surface area contributed by atoms with Crippen molar-refractivity contribution in [2.45, 2.75) is 125 Å². The number of carbonyl (C=O) groups excluding carboxylic acids is 3. The lowest BCUT2D eigenvalue weighted by atomic mass is 9.98. The zero-order chi connectivity index (χ0) is 47.5. The van der Waals surface area contributed by atoms with Gasteiger partial charge in [-0.25, -0.2) is 14.5 Å². The Labute approximate surface area is 395 Å². The SMILES string of the molecule is CCCCC(CC)COC(=O)c1ccc(NC2=NC3=NC(NC4=CCC(C(=O)OCC(CC)CCCC)C=C4)=NC4=NC(Nc5ccc(C(=O)OCC(CC)CCCC)cc5)=NC(=N2)N34)cc1. The molecule has 2 aromatic carbocycles. The summed E-state index contributed by atoms with van der Waals surface area (Å²) in [5, 5.41) is 9.71. The lowest BCUT2D eigenvalue weighted by molar-refractivity contribution is -0.148. The molecule has 0 amide bonds. The van der Waals surface area contributed by atoms with E-state index in [0.29, 0.717) is 72.2 Å². The molecular weight excluding hydrogens is 849 g/mol. The predicted octanol–water partition coefficient (Wildman–Crippen LogP) is 10.2. The van der Waals surface area contributed by atoms with E-state index in [1.165, 1.54) is 4.90 Å². The third kappa shape index (κ3) is 14.5. The number of nitrogens with one attached hydrogen (secondary N) is 3. The van der Waals surface area contributed by atoms with Crippen molar-refractivity contribution in [3.8, 4) is 0 Å². The first-order chi connectivity index (χ1) is 32.6. The van der Waals surface area contributed by atoms with Crippen LogP contribution < -0.4 is 16.0 Å². The second kappa shape index (κ2) is 25.5. The number of hydrogen-bond donors (Lipinski definition) is 3. The van der Waals surface area contributed by atoms with Crippen LogP contribution in [-0.4, -0.2) is 78.4 Å². The lowest BCUT2D eigenvalue weighted by Crippen LogP contribution is -2.50. The second-order valence-electron chi connectivity index (χ2n) is 17.3. The summed E-state index contributed by atoms with van der Waals surface area (Å²) in [7, 11) is 0. The zero-order valence-electron chi connectivity index (χ0n) is 40.1. The van der Waals surface area contributed by atoms with Gasteiger partial charge in [-0.05, 0) is 98.0 Å². The maximum atomic E-state index is 13.0. The van der Waals surface area contributed by atoms with Crippen molar-refractivity contribution < 1.29 is 28.6 Å². The Balaban J connectivity index is 1.18. The van der Waals surface area contributed by atoms with Gasteiger partial charge in [0.25, 0.3) is 0 Å². The van der Waals surface area contributed by atoms with Crippen molar-refractivity contribution in [3.63, 3.8) is 0 Å². The topological polar surface area (TPSA) is 192 Å². The number of anilines is 2. The fourth-order valence-corrected chi connectivity index (χ4v) is 7.66. The van der Waals surface area contributed by atoms with E-state index in [2.05, 4.69) is 57.5 Å². The molecule has 4 atom stereocenters. The molecule has 0 aromatic heterocycles. The Bertz CT molecular complexity index is 2200. The molecule has 16 nitrogen and oxygen atoms in total. The van der Waals surface area contributed by atoms with Crippen LogP contribution in [0.15, 0.2) is 102 Å². The molecule has 0 bridgehead atoms. The zero-order valence-corrected chi connectivity index (χ0v) is 40.1. The molecule has 6 rings (SSSR count). The van der Waals surface area contributed by atoms with Crippen LogP contribution in [0.3, 0.4) is 0 Å². The van der Waals surface area contributed by atoms with Gasteiger partial charge in [0.1, 0.15) is 0 Å². The van der Waals surface area contributed by atoms with Crippen LogP contribution in [0.25, 0.3) is 0 Å². The summed E-state index contributed by atoms with van der Waals surface area (Å²) in [5.41, 5.74) is 2.82. The van der Waals surface area contributed by atoms with Gasteiger partial charge >= 0.3 is 17.9 Å². The first kappa shape index (κ1) is 50.0. The summed E-state index contributed by atoms with van der Waals surface area (Å²) >= 11 is 0. The van der Waals surface area contributed by atoms with E-state index in [9.17, 15) is 14.4 Å². The molecule has 4 aliphatic rings. The molecule has 0 saturated heterocycles. The van der Waals surface area contributed by atoms with Crippen molar-refractivity contribution in [2.24, 2.45) is 53.6 Å². The summed E-state index contributed by atoms with van der Waals surface area (Å²) in [5.74, 6) is 0.882. The smallest absolute Gasteiger partial charge is 0.338 e. The van der Waals surface area contributed by atoms with Crippen LogP contribution in [0, 0.1) is 23.7 Å². The maximum absolute atomic E-state index is 13.0. The van der Waals surface area contributed by atoms with E-state index in [0.717, 1.165) is 77.0 Å². The Hall–Kier alpha value is -6.45. The summed E-state index contributed by atoms with van der Waals surface area (Å²) in [6.07, 6.45) is 18.7. The molecular formula is C51H68N10O6. The van der Waals surface area contributed by atoms with E-state index in [1.807, 2.05) is 18.2 Å². The van der Waals surface area contributed by atoms with E-state index in [-0.39, 0.29) is 59.6 Å². The van der Waals surface area contributed by atoms with Gasteiger partial charge in [-0.3, -0.25) is 4.79 Å². The van der Waals surface area contributed by atoms with Gasteiger partial charge in [0.15, 0.2) is 0 Å². The molecule has 0 saturated carbocycles. The van der Waals surface area contributed by atoms with E-state index >= 15 is 0 Å². The summed E-state index contributed by atoms with van der Waals surface area (Å²) < 4.78 is 17.0. The molecule has 0 spiro atoms. The van der Waals surface area contributed by atoms with Crippen LogP contribution in [0.5, 0.6) is 0 Å². The molecule has 4 unspecified atom stereocenters. The monoisotopic (exact) mass is 917 g/mol. The summed E-state index contributed by atoms with van der Waals surface area (Å²) in [6, 6.07) is 13.8. The molecule has 0 fully saturated rings. The number of nitrogens with zero attached hydrogens (tertiary/aromatic N) is 7. The fourth-order valence-electron chi connectivity index (χ4n) is 7.66. The molecule has 3 N–H and O–H groups in total. The van der Waals surface area contributed by atoms with Crippen molar-refractivity contribution >= 4 is 65.0 Å². The maximum Gasteiger partial charge on any atom is 0.338 e. The second-order valence-corrected chi connectivity index (χ2v) is 17.3. The number of rotatable bonds is 24. The Morgan fingerprint density at radius 2 is 0.970 bits per heavy atom. The van der Waals surface area contributed by atoms with Crippen molar-refractivity contribution in [2.75, 3.05) is 30.5 Å². The molecule has 0 radical (unpaired) electrons. The Morgan fingerprint density at radius 3 is 1.34 bits per heavy atom. The quantitative estimate of drug-likeness (QED) is 0.0674. The summed E-state index contributed by atoms with van der Waals surface area (Å²) in [6.45, 7) is 14.1. The average Bonchev–Trinajstić information content (AvgIpc) is 3.34. The minimum Gasteiger partial charge on any atom is -0.465 e. The molecule has 3 aliphatic heterocycles. The number of hydrogen-bond acceptors (Lipinski definition) is 16. The number of guanidine groups is 6. The van der Waals surface area contributed by atoms with Crippen molar-refractivity contribution in [1.29, 1.82) is 0 Å². The van der Waals surface area contributed by atoms with E-state index in [4.69, 9.17) is 44.2 Å². The normalized spacial score (nSPS) is 17.4. The van der Waals surface area contributed by atoms with Crippen LogP contribution in [0.1, 0.15) is 146 Å². The van der Waals surface area contributed by atoms with Crippen molar-refractivity contribution in [3.05, 3.63) is 83.6 Å². The highest BCUT2D eigenvalue weighted by Crippen LogP contribution is 2.23. The molecule has 1 aliphatic carbocycles. The Morgan fingerprint density at radius 1 is 0.567 bits per heavy atom. The number of unbranched alkanes of at least 4 members (excludes halogenated alkanes) is 3. The van der Waals surface area contributed by atoms with Gasteiger partial charge < -0.3 is 30.2 Å². The van der Waals surface area contributed by atoms with Gasteiger partial charge in [-0.15, -0.1) is 0 Å².